The first-order valence-corrected chi connectivity index (χ1v) is 13.2. The minimum atomic E-state index is -4.93. The first-order valence-electron chi connectivity index (χ1n) is 11.8. The number of nitrogens with one attached hydrogen (secondary N) is 1. The van der Waals surface area contributed by atoms with Crippen LogP contribution in [0.25, 0.3) is 11.1 Å². The maximum atomic E-state index is 13.9. The second-order valence-electron chi connectivity index (χ2n) is 8.86. The summed E-state index contributed by atoms with van der Waals surface area (Å²) in [7, 11) is -4.52. The molecule has 0 saturated heterocycles. The molecule has 0 fully saturated rings. The number of carbonyl (C=O) groups is 1. The number of carbonyl (C=O) groups excluding carboxylic acids is 1. The van der Waals surface area contributed by atoms with Crippen molar-refractivity contribution in [1.82, 2.24) is 4.72 Å². The molecule has 0 heterocycles. The molecule has 0 radical (unpaired) electrons. The summed E-state index contributed by atoms with van der Waals surface area (Å²) in [5, 5.41) is 10.0. The number of phenols is 1. The van der Waals surface area contributed by atoms with Gasteiger partial charge in [-0.2, -0.15) is 13.2 Å². The highest BCUT2D eigenvalue weighted by atomic mass is 32.2. The zero-order valence-electron chi connectivity index (χ0n) is 20.0. The minimum Gasteiger partial charge on any atom is -0.507 e. The summed E-state index contributed by atoms with van der Waals surface area (Å²) in [6.45, 7) is 2.03. The number of hydrogen-bond acceptors (Lipinski definition) is 5. The molecule has 37 heavy (non-hydrogen) atoms. The number of aromatic hydroxyl groups is 1. The Morgan fingerprint density at radius 1 is 1.05 bits per heavy atom. The molecule has 196 valence electrons. The van der Waals surface area contributed by atoms with E-state index in [0.717, 1.165) is 28.8 Å². The Morgan fingerprint density at radius 2 is 1.78 bits per heavy atom. The summed E-state index contributed by atoms with van der Waals surface area (Å²) in [6.07, 6.45) is -3.58. The van der Waals surface area contributed by atoms with Gasteiger partial charge in [0.25, 0.3) is 0 Å². The summed E-state index contributed by atoms with van der Waals surface area (Å²) in [6, 6.07) is 13.8. The molecule has 1 aliphatic rings. The number of fused-ring (bicyclic) bond motifs is 1. The van der Waals surface area contributed by atoms with Gasteiger partial charge in [0.05, 0.1) is 17.1 Å². The molecular formula is C27H26F3NO5S. The van der Waals surface area contributed by atoms with Crippen LogP contribution in [0.15, 0.2) is 65.6 Å². The zero-order valence-corrected chi connectivity index (χ0v) is 20.8. The minimum absolute atomic E-state index is 0.0491. The molecule has 0 aromatic heterocycles. The van der Waals surface area contributed by atoms with Crippen molar-refractivity contribution >= 4 is 16.0 Å². The lowest BCUT2D eigenvalue weighted by atomic mass is 10.0. The van der Waals surface area contributed by atoms with Crippen molar-refractivity contribution in [2.45, 2.75) is 49.7 Å². The van der Waals surface area contributed by atoms with Crippen LogP contribution in [-0.4, -0.2) is 32.1 Å². The number of halogens is 3. The maximum absolute atomic E-state index is 13.9. The van der Waals surface area contributed by atoms with E-state index in [-0.39, 0.29) is 29.3 Å². The first-order chi connectivity index (χ1) is 17.5. The van der Waals surface area contributed by atoms with Crippen LogP contribution < -0.4 is 4.72 Å². The SMILES string of the molecule is CCOC(=O)CCc1ccc2c(c1)CC(NS(=O)(=O)c1ccc(-c3ccccc3O)cc1C(F)(F)F)C2. The third-order valence-electron chi connectivity index (χ3n) is 6.24. The normalized spacial score (nSPS) is 15.4. The smallest absolute Gasteiger partial charge is 0.417 e. The summed E-state index contributed by atoms with van der Waals surface area (Å²) in [5.41, 5.74) is 1.59. The molecule has 10 heteroatoms. The fraction of sp³-hybridized carbons (Fsp3) is 0.296. The van der Waals surface area contributed by atoms with Crippen LogP contribution in [0.4, 0.5) is 13.2 Å². The second-order valence-corrected chi connectivity index (χ2v) is 10.5. The Morgan fingerprint density at radius 3 is 2.49 bits per heavy atom. The van der Waals surface area contributed by atoms with Crippen LogP contribution in [-0.2, 0) is 45.0 Å². The van der Waals surface area contributed by atoms with Gasteiger partial charge in [0.1, 0.15) is 5.75 Å². The average molecular weight is 534 g/mol. The molecule has 1 unspecified atom stereocenters. The molecule has 4 rings (SSSR count). The van der Waals surface area contributed by atoms with Crippen LogP contribution in [0, 0.1) is 0 Å². The van der Waals surface area contributed by atoms with Crippen LogP contribution >= 0.6 is 0 Å². The van der Waals surface area contributed by atoms with Gasteiger partial charge in [-0.15, -0.1) is 0 Å². The van der Waals surface area contributed by atoms with E-state index in [4.69, 9.17) is 4.74 Å². The molecule has 2 N–H and O–H groups in total. The first kappa shape index (κ1) is 26.7. The third kappa shape index (κ3) is 6.14. The van der Waals surface area contributed by atoms with Crippen LogP contribution in [0.2, 0.25) is 0 Å². The van der Waals surface area contributed by atoms with Gasteiger partial charge in [0.15, 0.2) is 0 Å². The lowest BCUT2D eigenvalue weighted by Gasteiger charge is -2.18. The lowest BCUT2D eigenvalue weighted by Crippen LogP contribution is -2.36. The van der Waals surface area contributed by atoms with Crippen molar-refractivity contribution < 1.29 is 36.2 Å². The second kappa shape index (κ2) is 10.5. The summed E-state index contributed by atoms with van der Waals surface area (Å²) in [4.78, 5) is 10.7. The largest absolute Gasteiger partial charge is 0.507 e. The number of benzene rings is 3. The van der Waals surface area contributed by atoms with Crippen LogP contribution in [0.1, 0.15) is 35.6 Å². The summed E-state index contributed by atoms with van der Waals surface area (Å²) in [5.74, 6) is -0.516. The predicted molar refractivity (Wildman–Crippen MR) is 131 cm³/mol. The highest BCUT2D eigenvalue weighted by Crippen LogP contribution is 2.39. The van der Waals surface area contributed by atoms with Gasteiger partial charge in [-0.3, -0.25) is 4.79 Å². The molecule has 1 atom stereocenters. The van der Waals surface area contributed by atoms with E-state index in [1.807, 2.05) is 18.2 Å². The monoisotopic (exact) mass is 533 g/mol. The van der Waals surface area contributed by atoms with E-state index in [9.17, 15) is 31.5 Å². The van der Waals surface area contributed by atoms with Gasteiger partial charge in [0, 0.05) is 18.0 Å². The van der Waals surface area contributed by atoms with E-state index < -0.39 is 32.7 Å². The Balaban J connectivity index is 1.54. The summed E-state index contributed by atoms with van der Waals surface area (Å²) < 4.78 is 75.4. The average Bonchev–Trinajstić information content (AvgIpc) is 3.23. The predicted octanol–water partition coefficient (Wildman–Crippen LogP) is 5.02. The quantitative estimate of drug-likeness (QED) is 0.397. The number of phenolic OH excluding ortho intramolecular Hbond substituents is 1. The van der Waals surface area contributed by atoms with Crippen molar-refractivity contribution in [2.75, 3.05) is 6.61 Å². The highest BCUT2D eigenvalue weighted by molar-refractivity contribution is 7.89. The molecule has 3 aromatic rings. The van der Waals surface area contributed by atoms with E-state index >= 15 is 0 Å². The van der Waals surface area contributed by atoms with Gasteiger partial charge < -0.3 is 9.84 Å². The number of sulfonamides is 1. The molecule has 0 saturated carbocycles. The summed E-state index contributed by atoms with van der Waals surface area (Å²) >= 11 is 0. The van der Waals surface area contributed by atoms with Gasteiger partial charge >= 0.3 is 12.1 Å². The van der Waals surface area contributed by atoms with E-state index in [0.29, 0.717) is 25.9 Å². The van der Waals surface area contributed by atoms with E-state index in [1.54, 1.807) is 13.0 Å². The molecule has 0 spiro atoms. The van der Waals surface area contributed by atoms with Gasteiger partial charge in [0.2, 0.25) is 10.0 Å². The molecule has 0 aliphatic heterocycles. The van der Waals surface area contributed by atoms with Crippen molar-refractivity contribution in [3.05, 3.63) is 82.9 Å². The van der Waals surface area contributed by atoms with Gasteiger partial charge in [-0.1, -0.05) is 42.5 Å². The molecule has 6 nitrogen and oxygen atoms in total. The molecular weight excluding hydrogens is 507 g/mol. The molecule has 0 amide bonds. The number of aryl methyl sites for hydroxylation is 1. The standard InChI is InChI=1S/C27H26F3NO5S/c1-2-36-26(33)12-8-17-7-9-18-14-21(15-20(18)13-17)31-37(34,35)25-11-10-19(16-23(25)27(28,29)30)22-5-3-4-6-24(22)32/h3-7,9-11,13,16,21,31-32H,2,8,12,14-15H2,1H3. The molecule has 0 bridgehead atoms. The Labute approximate surface area is 213 Å². The Hall–Kier alpha value is -3.37. The van der Waals surface area contributed by atoms with Crippen molar-refractivity contribution in [3.8, 4) is 16.9 Å². The third-order valence-corrected chi connectivity index (χ3v) is 7.82. The van der Waals surface area contributed by atoms with Crippen molar-refractivity contribution in [1.29, 1.82) is 0 Å². The maximum Gasteiger partial charge on any atom is 0.417 e. The van der Waals surface area contributed by atoms with E-state index in [2.05, 4.69) is 4.72 Å². The number of rotatable bonds is 8. The fourth-order valence-electron chi connectivity index (χ4n) is 4.54. The topological polar surface area (TPSA) is 92.7 Å². The highest BCUT2D eigenvalue weighted by Gasteiger charge is 2.38. The van der Waals surface area contributed by atoms with Gasteiger partial charge in [-0.25, -0.2) is 13.1 Å². The fourth-order valence-corrected chi connectivity index (χ4v) is 5.99. The Bertz CT molecular complexity index is 1420. The Kier molecular flexibility index (Phi) is 7.61. The van der Waals surface area contributed by atoms with Crippen LogP contribution in [0.3, 0.4) is 0 Å². The lowest BCUT2D eigenvalue weighted by molar-refractivity contribution is -0.143. The molecule has 1 aliphatic carbocycles. The van der Waals surface area contributed by atoms with Crippen molar-refractivity contribution in [3.63, 3.8) is 0 Å². The van der Waals surface area contributed by atoms with E-state index in [1.165, 1.54) is 24.3 Å². The van der Waals surface area contributed by atoms with Gasteiger partial charge in [-0.05, 0) is 66.6 Å². The van der Waals surface area contributed by atoms with Crippen molar-refractivity contribution in [2.24, 2.45) is 0 Å². The zero-order chi connectivity index (χ0) is 26.8. The number of ether oxygens (including phenoxy) is 1. The number of esters is 1. The molecule has 3 aromatic carbocycles. The number of hydrogen-bond donors (Lipinski definition) is 2. The van der Waals surface area contributed by atoms with Crippen LogP contribution in [0.5, 0.6) is 5.75 Å². The number of alkyl halides is 3. The number of para-hydroxylation sites is 1.